The predicted octanol–water partition coefficient (Wildman–Crippen LogP) is 6.96. The third-order valence-corrected chi connectivity index (χ3v) is 10.6. The summed E-state index contributed by atoms with van der Waals surface area (Å²) in [7, 11) is 1.73. The molecule has 2 atom stereocenters. The van der Waals surface area contributed by atoms with Crippen LogP contribution in [0.1, 0.15) is 44.6 Å². The Bertz CT molecular complexity index is 2280. The molecular weight excluding hydrogens is 683 g/mol. The van der Waals surface area contributed by atoms with Gasteiger partial charge in [-0.2, -0.15) is 9.97 Å². The first kappa shape index (κ1) is 35.5. The quantitative estimate of drug-likeness (QED) is 0.117. The van der Waals surface area contributed by atoms with E-state index in [0.29, 0.717) is 11.2 Å². The van der Waals surface area contributed by atoms with Crippen molar-refractivity contribution in [2.24, 2.45) is 0 Å². The van der Waals surface area contributed by atoms with Gasteiger partial charge in [-0.15, -0.1) is 6.42 Å². The minimum atomic E-state index is -1.14. The maximum atomic E-state index is 17.0. The first-order valence-electron chi connectivity index (χ1n) is 17.3. The Balaban J connectivity index is 1.34. The van der Waals surface area contributed by atoms with E-state index in [1.165, 1.54) is 36.5 Å². The average molecular weight is 722 g/mol. The number of carbonyl (C=O) groups excluding carboxylic acids is 1. The van der Waals surface area contributed by atoms with Crippen LogP contribution in [0, 0.1) is 24.0 Å². The van der Waals surface area contributed by atoms with Crippen molar-refractivity contribution in [3.05, 3.63) is 84.7 Å². The zero-order valence-electron chi connectivity index (χ0n) is 29.4. The number of ether oxygens (including phenoxy) is 1. The molecule has 1 saturated heterocycles. The molecule has 2 aromatic carbocycles. The molecule has 1 saturated carbocycles. The Morgan fingerprint density at radius 1 is 1.21 bits per heavy atom. The number of likely N-dealkylation sites (N-methyl/N-ethyl adjacent to an activating group) is 1. The number of amides is 1. The molecule has 5 aromatic rings. The zero-order valence-corrected chi connectivity index (χ0v) is 29.4. The minimum absolute atomic E-state index is 0.0585. The number of pyridine rings is 2. The van der Waals surface area contributed by atoms with Gasteiger partial charge in [0.25, 0.3) is 0 Å². The van der Waals surface area contributed by atoms with Crippen molar-refractivity contribution in [1.82, 2.24) is 24.8 Å². The molecule has 1 aliphatic carbocycles. The molecule has 2 N–H and O–H groups in total. The number of hydrogen-bond donors (Lipinski definition) is 2. The van der Waals surface area contributed by atoms with Crippen molar-refractivity contribution in [2.75, 3.05) is 37.0 Å². The van der Waals surface area contributed by atoms with Gasteiger partial charge in [-0.25, -0.2) is 18.2 Å². The van der Waals surface area contributed by atoms with Crippen LogP contribution in [0.15, 0.2) is 67.5 Å². The third-order valence-electron chi connectivity index (χ3n) is 10.6. The number of halogens is 3. The summed E-state index contributed by atoms with van der Waals surface area (Å²) in [6.07, 6.45) is 12.3. The monoisotopic (exact) mass is 721 g/mol. The van der Waals surface area contributed by atoms with E-state index in [4.69, 9.17) is 11.2 Å². The number of nitrogens with zero attached hydrogens (tertiary/aromatic N) is 6. The van der Waals surface area contributed by atoms with Crippen molar-refractivity contribution in [2.45, 2.75) is 56.3 Å². The minimum Gasteiger partial charge on any atom is -0.508 e. The molecular formula is C40H38F3N7O3. The van der Waals surface area contributed by atoms with E-state index in [2.05, 4.69) is 37.8 Å². The number of carbonyl (C=O) groups is 1. The second-order valence-corrected chi connectivity index (χ2v) is 14.0. The molecule has 1 amide bonds. The van der Waals surface area contributed by atoms with Crippen LogP contribution in [0.2, 0.25) is 0 Å². The van der Waals surface area contributed by atoms with Crippen LogP contribution >= 0.6 is 0 Å². The van der Waals surface area contributed by atoms with Gasteiger partial charge in [-0.3, -0.25) is 9.78 Å². The fourth-order valence-electron chi connectivity index (χ4n) is 7.77. The van der Waals surface area contributed by atoms with Crippen molar-refractivity contribution >= 4 is 39.2 Å². The maximum absolute atomic E-state index is 17.0. The number of benzene rings is 2. The Labute approximate surface area is 304 Å². The molecule has 2 aliphatic rings. The van der Waals surface area contributed by atoms with Gasteiger partial charge in [0.2, 0.25) is 5.91 Å². The molecule has 3 aromatic heterocycles. The number of aromatic nitrogens is 4. The number of rotatable bonds is 10. The number of alkyl halides is 1. The molecule has 0 unspecified atom stereocenters. The van der Waals surface area contributed by atoms with Crippen molar-refractivity contribution < 1.29 is 27.8 Å². The average Bonchev–Trinajstić information content (AvgIpc) is 3.77. The summed E-state index contributed by atoms with van der Waals surface area (Å²) in [6, 6.07) is 10.5. The first-order chi connectivity index (χ1) is 25.5. The molecule has 0 radical (unpaired) electrons. The Kier molecular flexibility index (Phi) is 9.32. The largest absolute Gasteiger partial charge is 0.508 e. The van der Waals surface area contributed by atoms with Crippen molar-refractivity contribution in [3.8, 4) is 35.4 Å². The number of terminal acetylenes is 1. The highest BCUT2D eigenvalue weighted by atomic mass is 19.1. The molecule has 0 bridgehead atoms. The fourth-order valence-corrected chi connectivity index (χ4v) is 7.77. The Hall–Kier alpha value is -5.90. The van der Waals surface area contributed by atoms with Gasteiger partial charge in [0.1, 0.15) is 47.2 Å². The molecule has 13 heteroatoms. The smallest absolute Gasteiger partial charge is 0.319 e. The highest BCUT2D eigenvalue weighted by Crippen LogP contribution is 2.40. The van der Waals surface area contributed by atoms with Gasteiger partial charge >= 0.3 is 6.01 Å². The van der Waals surface area contributed by atoms with Crippen molar-refractivity contribution in [3.63, 3.8) is 0 Å². The molecule has 0 spiro atoms. The summed E-state index contributed by atoms with van der Waals surface area (Å²) in [5, 5.41) is 14.7. The summed E-state index contributed by atoms with van der Waals surface area (Å²) in [6.45, 7) is 5.83. The second-order valence-electron chi connectivity index (χ2n) is 14.0. The van der Waals surface area contributed by atoms with Gasteiger partial charge in [0, 0.05) is 43.4 Å². The Morgan fingerprint density at radius 2 is 2.00 bits per heavy atom. The summed E-state index contributed by atoms with van der Waals surface area (Å²) in [5.74, 6) is 1.13. The van der Waals surface area contributed by atoms with Crippen LogP contribution in [0.25, 0.3) is 32.9 Å². The summed E-state index contributed by atoms with van der Waals surface area (Å²) >= 11 is 0. The molecule has 10 nitrogen and oxygen atoms in total. The highest BCUT2D eigenvalue weighted by Gasteiger charge is 2.44. The van der Waals surface area contributed by atoms with Crippen LogP contribution in [-0.2, 0) is 4.79 Å². The van der Waals surface area contributed by atoms with Gasteiger partial charge in [-0.1, -0.05) is 37.5 Å². The van der Waals surface area contributed by atoms with Gasteiger partial charge < -0.3 is 25.0 Å². The molecule has 272 valence electrons. The number of phenols is 1. The van der Waals surface area contributed by atoms with Crippen LogP contribution in [-0.4, -0.2) is 79.8 Å². The number of phenolic OH excluding ortho intramolecular Hbond substituents is 1. The zero-order chi connectivity index (χ0) is 37.5. The van der Waals surface area contributed by atoms with E-state index < -0.39 is 28.9 Å². The van der Waals surface area contributed by atoms with Gasteiger partial charge in [0.15, 0.2) is 5.82 Å². The van der Waals surface area contributed by atoms with E-state index in [-0.39, 0.29) is 82.7 Å². The molecule has 2 fully saturated rings. The van der Waals surface area contributed by atoms with Crippen LogP contribution in [0.3, 0.4) is 0 Å². The van der Waals surface area contributed by atoms with E-state index in [0.717, 1.165) is 25.7 Å². The molecule has 7 rings (SSSR count). The lowest BCUT2D eigenvalue weighted by Gasteiger charge is -2.38. The number of nitrogens with one attached hydrogen (secondary N) is 1. The van der Waals surface area contributed by atoms with E-state index >= 15 is 4.39 Å². The van der Waals surface area contributed by atoms with Crippen LogP contribution in [0.5, 0.6) is 11.8 Å². The molecule has 1 aliphatic heterocycles. The highest BCUT2D eigenvalue weighted by molar-refractivity contribution is 6.03. The lowest BCUT2D eigenvalue weighted by molar-refractivity contribution is -0.129. The number of hydrogen-bond acceptors (Lipinski definition) is 9. The van der Waals surface area contributed by atoms with E-state index in [9.17, 15) is 18.7 Å². The van der Waals surface area contributed by atoms with Gasteiger partial charge in [0.05, 0.1) is 28.6 Å². The lowest BCUT2D eigenvalue weighted by atomic mass is 9.95. The van der Waals surface area contributed by atoms with Crippen molar-refractivity contribution in [1.29, 1.82) is 0 Å². The predicted molar refractivity (Wildman–Crippen MR) is 197 cm³/mol. The normalized spacial score (nSPS) is 19.3. The molecule has 53 heavy (non-hydrogen) atoms. The summed E-state index contributed by atoms with van der Waals surface area (Å²) < 4.78 is 53.0. The lowest BCUT2D eigenvalue weighted by Crippen LogP contribution is -2.51. The van der Waals surface area contributed by atoms with E-state index in [1.807, 2.05) is 17.9 Å². The number of aromatic hydroxyl groups is 1. The van der Waals surface area contributed by atoms with E-state index in [1.54, 1.807) is 30.3 Å². The third kappa shape index (κ3) is 6.43. The first-order valence-corrected chi connectivity index (χ1v) is 17.3. The van der Waals surface area contributed by atoms with Crippen LogP contribution in [0.4, 0.5) is 24.8 Å². The Morgan fingerprint density at radius 3 is 2.72 bits per heavy atom. The second kappa shape index (κ2) is 13.9. The standard InChI is InChI=1S/C40H38F3N7O3/c1-5-27-30(42)13-12-24-17-26(51)18-28(33(24)27)35-34(43)36-29(20-45-35)37(46-22-40(14-8-9-15-40)49(4)32(52)6-2)48-38(47-36)53-23-39(3)19-25(41)21-50(39)31-11-7-10-16-44-31/h1,6-7,10-13,16-18,20,25,51H,2,8-9,14-15,19,21-23H2,3-4H3,(H,46,47,48)/t25-,39+/m1/s1. The van der Waals surface area contributed by atoms with Crippen LogP contribution < -0.4 is 15.0 Å². The summed E-state index contributed by atoms with van der Waals surface area (Å²) in [5.41, 5.74) is -1.86. The fraction of sp³-hybridized carbons (Fsp3) is 0.325. The summed E-state index contributed by atoms with van der Waals surface area (Å²) in [4.78, 5) is 34.3. The number of fused-ring (bicyclic) bond motifs is 2. The number of anilines is 2. The molecule has 4 heterocycles. The van der Waals surface area contributed by atoms with Gasteiger partial charge in [-0.05, 0) is 61.6 Å². The SMILES string of the molecule is C#Cc1c(F)ccc2cc(O)cc(-c3ncc4c(NCC5(N(C)C(=O)C=C)CCCC5)nc(OC[C@]5(C)C[C@@H](F)CN5c5ccccn5)nc4c3F)c12. The topological polar surface area (TPSA) is 117 Å². The maximum Gasteiger partial charge on any atom is 0.319 e.